The van der Waals surface area contributed by atoms with Crippen LogP contribution in [0.15, 0.2) is 474 Å². The van der Waals surface area contributed by atoms with E-state index in [1.807, 2.05) is 48.9 Å². The number of pyridine rings is 6. The first-order chi connectivity index (χ1) is 62.5. The first-order valence-electron chi connectivity index (χ1n) is 42.8. The van der Waals surface area contributed by atoms with Crippen molar-refractivity contribution in [3.8, 4) is 134 Å². The Labute approximate surface area is 730 Å². The minimum absolute atomic E-state index is 0.970. The van der Waals surface area contributed by atoms with Gasteiger partial charge in [0.15, 0.2) is 0 Å². The summed E-state index contributed by atoms with van der Waals surface area (Å²) in [7, 11) is 0. The van der Waals surface area contributed by atoms with Crippen LogP contribution in [-0.4, -0.2) is 29.9 Å². The van der Waals surface area contributed by atoms with E-state index in [0.29, 0.717) is 0 Å². The molecule has 0 fully saturated rings. The number of benzene rings is 18. The smallest absolute Gasteiger partial charge is 0.0794 e. The predicted octanol–water partition coefficient (Wildman–Crippen LogP) is 31.8. The van der Waals surface area contributed by atoms with Gasteiger partial charge in [-0.2, -0.15) is 0 Å². The van der Waals surface area contributed by atoms with Gasteiger partial charge in [-0.15, -0.1) is 0 Å². The van der Waals surface area contributed by atoms with Crippen LogP contribution < -0.4 is 0 Å². The van der Waals surface area contributed by atoms with E-state index in [1.165, 1.54) is 77.4 Å². The van der Waals surface area contributed by atoms with Crippen LogP contribution in [-0.2, 0) is 0 Å². The van der Waals surface area contributed by atoms with Crippen molar-refractivity contribution in [2.24, 2.45) is 0 Å². The summed E-state index contributed by atoms with van der Waals surface area (Å²) in [4.78, 5) is 29.8. The third-order valence-electron chi connectivity index (χ3n) is 24.3. The van der Waals surface area contributed by atoms with Gasteiger partial charge in [0.25, 0.3) is 0 Å². The Bertz CT molecular complexity index is 7860. The van der Waals surface area contributed by atoms with Crippen LogP contribution in [0.4, 0.5) is 0 Å². The summed E-state index contributed by atoms with van der Waals surface area (Å²) < 4.78 is 0. The van der Waals surface area contributed by atoms with Gasteiger partial charge in [0.05, 0.1) is 50.2 Å². The van der Waals surface area contributed by atoms with E-state index in [0.717, 1.165) is 154 Å². The maximum absolute atomic E-state index is 5.29. The highest BCUT2D eigenvalue weighted by molar-refractivity contribution is 6.19. The third-order valence-corrected chi connectivity index (χ3v) is 24.3. The van der Waals surface area contributed by atoms with E-state index in [1.54, 1.807) is 0 Å². The van der Waals surface area contributed by atoms with Crippen molar-refractivity contribution in [1.82, 2.24) is 29.9 Å². The zero-order valence-electron chi connectivity index (χ0n) is 68.7. The molecule has 6 heteroatoms. The Morgan fingerprint density at radius 3 is 0.865 bits per heavy atom. The van der Waals surface area contributed by atoms with Gasteiger partial charge < -0.3 is 0 Å². The Hall–Kier alpha value is -16.8. The zero-order valence-corrected chi connectivity index (χ0v) is 68.7. The molecule has 0 spiro atoms. The summed E-state index contributed by atoms with van der Waals surface area (Å²) in [5.74, 6) is 0. The van der Waals surface area contributed by atoms with Gasteiger partial charge in [0.2, 0.25) is 0 Å². The molecule has 24 aromatic rings. The first-order valence-corrected chi connectivity index (χ1v) is 42.8. The average Bonchev–Trinajstić information content (AvgIpc) is 0.747. The van der Waals surface area contributed by atoms with Crippen LogP contribution in [0, 0.1) is 0 Å². The summed E-state index contributed by atoms with van der Waals surface area (Å²) in [6, 6.07) is 161. The topological polar surface area (TPSA) is 77.3 Å². The Morgan fingerprint density at radius 2 is 0.444 bits per heavy atom. The predicted molar refractivity (Wildman–Crippen MR) is 529 cm³/mol. The van der Waals surface area contributed by atoms with Crippen LogP contribution >= 0.6 is 0 Å². The van der Waals surface area contributed by atoms with E-state index in [-0.39, 0.29) is 0 Å². The highest BCUT2D eigenvalue weighted by Gasteiger charge is 2.22. The number of nitrogens with zero attached hydrogens (tertiary/aromatic N) is 6. The largest absolute Gasteiger partial charge is 0.256 e. The molecule has 18 aromatic carbocycles. The second-order valence-electron chi connectivity index (χ2n) is 31.9. The molecule has 6 nitrogen and oxygen atoms in total. The van der Waals surface area contributed by atoms with Crippen molar-refractivity contribution in [3.63, 3.8) is 0 Å². The molecule has 0 atom stereocenters. The van der Waals surface area contributed by atoms with E-state index < -0.39 is 0 Å². The van der Waals surface area contributed by atoms with Gasteiger partial charge in [0, 0.05) is 94.9 Å². The molecule has 0 aliphatic carbocycles. The fraction of sp³-hybridized carbons (Fsp3) is 0. The lowest BCUT2D eigenvalue weighted by Crippen LogP contribution is -1.93. The highest BCUT2D eigenvalue weighted by atomic mass is 14.7. The SMILES string of the molecule is c1ccc(-c2cc(-c3ccc(-c4cccc5cccnc45)cc3)c3cc(-c4ccccc4)c4ccccc4c3n2)cc1.c1ccc(-c2cc(-c3ccc(-c4ccnc5ccccc45)cc3)c3cc(-c4ccccc4)c4ccccc4c3n2)cc1.c1ccc(-c2cc(-c3ccc(-c4cnc5ccccc5c4)cc3)c3cc(-c4ccccc4)c4ccccc4c3n2)cc1. The Kier molecular flexibility index (Phi) is 19.9. The minimum Gasteiger partial charge on any atom is -0.256 e. The van der Waals surface area contributed by atoms with Gasteiger partial charge in [-0.3, -0.25) is 15.0 Å². The van der Waals surface area contributed by atoms with Gasteiger partial charge in [-0.1, -0.05) is 388 Å². The lowest BCUT2D eigenvalue weighted by Gasteiger charge is -2.16. The van der Waals surface area contributed by atoms with Gasteiger partial charge in [-0.25, -0.2) is 15.0 Å². The van der Waals surface area contributed by atoms with Crippen LogP contribution in [0.3, 0.4) is 0 Å². The monoisotopic (exact) mass is 1600 g/mol. The minimum atomic E-state index is 0.970. The number of hydrogen-bond acceptors (Lipinski definition) is 6. The average molecular weight is 1600 g/mol. The summed E-state index contributed by atoms with van der Waals surface area (Å²) >= 11 is 0. The number of rotatable bonds is 12. The summed E-state index contributed by atoms with van der Waals surface area (Å²) in [6.45, 7) is 0. The number of para-hydroxylation sites is 3. The zero-order chi connectivity index (χ0) is 83.6. The summed E-state index contributed by atoms with van der Waals surface area (Å²) in [6.07, 6.45) is 5.72. The van der Waals surface area contributed by atoms with E-state index in [2.05, 4.69) is 440 Å². The molecule has 126 heavy (non-hydrogen) atoms. The molecular weight excluding hydrogens is 1530 g/mol. The molecule has 0 aliphatic rings. The fourth-order valence-electron chi connectivity index (χ4n) is 18.1. The summed E-state index contributed by atoms with van der Waals surface area (Å²) in [5, 5.41) is 14.0. The van der Waals surface area contributed by atoms with E-state index >= 15 is 0 Å². The van der Waals surface area contributed by atoms with E-state index in [4.69, 9.17) is 15.0 Å². The molecule has 24 rings (SSSR count). The molecule has 0 aliphatic heterocycles. The van der Waals surface area contributed by atoms with Crippen molar-refractivity contribution in [3.05, 3.63) is 474 Å². The van der Waals surface area contributed by atoms with Gasteiger partial charge in [0.1, 0.15) is 0 Å². The van der Waals surface area contributed by atoms with Gasteiger partial charge in [-0.05, 0) is 172 Å². The maximum atomic E-state index is 5.29. The van der Waals surface area contributed by atoms with Crippen molar-refractivity contribution in [1.29, 1.82) is 0 Å². The Morgan fingerprint density at radius 1 is 0.135 bits per heavy atom. The number of fused-ring (bicyclic) bond motifs is 12. The lowest BCUT2D eigenvalue weighted by molar-refractivity contribution is 1.40. The quantitative estimate of drug-likeness (QED) is 0.113. The molecule has 588 valence electrons. The van der Waals surface area contributed by atoms with Crippen LogP contribution in [0.2, 0.25) is 0 Å². The third kappa shape index (κ3) is 14.6. The standard InChI is InChI=1S/3C40H26N2/c1-3-11-28(12-4-1)35-24-37-36(29-21-19-27(20-22-29)32-23-31-15-7-10-18-38(31)41-26-32)25-39(30-13-5-2-6-14-30)42-40(37)34-17-9-8-16-33(34)35;1-3-11-27(12-4-1)35-25-37-36(29-22-20-28(21-23-29)32-19-9-15-31-16-10-24-41-39(31)32)26-38(30-13-5-2-6-14-30)42-40(37)34-18-8-7-17-33(34)35;1-3-11-27(12-4-1)35-25-37-36(29-21-19-28(20-22-29)31-23-24-41-38-18-10-9-16-33(31)38)26-39(30-13-5-2-6-14-30)42-40(37)34-17-8-7-15-32(34)35/h3*1-26H. The Balaban J connectivity index is 0.000000112. The lowest BCUT2D eigenvalue weighted by atomic mass is 9.90. The number of hydrogen-bond donors (Lipinski definition) is 0. The molecule has 0 saturated heterocycles. The van der Waals surface area contributed by atoms with E-state index in [9.17, 15) is 0 Å². The number of aromatic nitrogens is 6. The van der Waals surface area contributed by atoms with Gasteiger partial charge >= 0.3 is 0 Å². The van der Waals surface area contributed by atoms with Crippen molar-refractivity contribution >= 4 is 97.7 Å². The second-order valence-corrected chi connectivity index (χ2v) is 31.9. The van der Waals surface area contributed by atoms with Crippen molar-refractivity contribution in [2.45, 2.75) is 0 Å². The second kappa shape index (κ2) is 33.3. The molecular formula is C120H78N6. The molecule has 0 bridgehead atoms. The van der Waals surface area contributed by atoms with Crippen molar-refractivity contribution in [2.75, 3.05) is 0 Å². The highest BCUT2D eigenvalue weighted by Crippen LogP contribution is 2.46. The fourth-order valence-corrected chi connectivity index (χ4v) is 18.1. The molecule has 0 radical (unpaired) electrons. The van der Waals surface area contributed by atoms with Crippen molar-refractivity contribution < 1.29 is 0 Å². The molecule has 6 aromatic heterocycles. The normalized spacial score (nSPS) is 11.3. The summed E-state index contributed by atoms with van der Waals surface area (Å²) in [5.41, 5.74) is 33.5. The molecule has 0 amide bonds. The molecule has 0 unspecified atom stereocenters. The van der Waals surface area contributed by atoms with Crippen LogP contribution in [0.25, 0.3) is 232 Å². The van der Waals surface area contributed by atoms with Crippen LogP contribution in [0.5, 0.6) is 0 Å². The first kappa shape index (κ1) is 75.4. The van der Waals surface area contributed by atoms with Crippen LogP contribution in [0.1, 0.15) is 0 Å². The maximum Gasteiger partial charge on any atom is 0.0794 e. The molecule has 6 heterocycles. The molecule has 0 N–H and O–H groups in total. The molecule has 0 saturated carbocycles.